The third kappa shape index (κ3) is 5.80. The fraction of sp³-hybridized carbons (Fsp3) is 0.250. The van der Waals surface area contributed by atoms with E-state index in [9.17, 15) is 14.7 Å². The Balaban J connectivity index is 1.47. The molecule has 1 fully saturated rings. The molecule has 4 N–H and O–H groups in total. The summed E-state index contributed by atoms with van der Waals surface area (Å²) in [5.41, 5.74) is 4.03. The van der Waals surface area contributed by atoms with Crippen molar-refractivity contribution in [2.24, 2.45) is 0 Å². The maximum atomic E-state index is 12.9. The van der Waals surface area contributed by atoms with Gasteiger partial charge in [0, 0.05) is 18.3 Å². The Kier molecular flexibility index (Phi) is 7.45. The van der Waals surface area contributed by atoms with E-state index in [-0.39, 0.29) is 17.9 Å². The predicted octanol–water partition coefficient (Wildman–Crippen LogP) is 4.86. The van der Waals surface area contributed by atoms with Gasteiger partial charge in [-0.3, -0.25) is 19.5 Å². The van der Waals surface area contributed by atoms with E-state index in [0.717, 1.165) is 48.0 Å². The molecule has 5 rings (SSSR count). The molecule has 0 spiro atoms. The van der Waals surface area contributed by atoms with E-state index in [4.69, 9.17) is 4.98 Å². The molecule has 37 heavy (non-hydrogen) atoms. The van der Waals surface area contributed by atoms with Gasteiger partial charge >= 0.3 is 0 Å². The van der Waals surface area contributed by atoms with E-state index in [1.54, 1.807) is 12.1 Å². The van der Waals surface area contributed by atoms with Gasteiger partial charge in [-0.2, -0.15) is 0 Å². The number of aromatic nitrogens is 2. The maximum absolute atomic E-state index is 12.9. The van der Waals surface area contributed by atoms with Crippen LogP contribution in [-0.2, 0) is 11.3 Å². The molecule has 0 aliphatic heterocycles. The van der Waals surface area contributed by atoms with Crippen LogP contribution >= 0.6 is 11.3 Å². The number of hydrogen-bond donors (Lipinski definition) is 4. The van der Waals surface area contributed by atoms with Gasteiger partial charge in [0.2, 0.25) is 11.9 Å². The molecule has 0 unspecified atom stereocenters. The number of hydrogen-bond acceptors (Lipinski definition) is 6. The van der Waals surface area contributed by atoms with E-state index < -0.39 is 0 Å². The van der Waals surface area contributed by atoms with Crippen LogP contribution in [0.1, 0.15) is 40.9 Å². The van der Waals surface area contributed by atoms with Crippen LogP contribution in [0, 0.1) is 0 Å². The van der Waals surface area contributed by atoms with Crippen LogP contribution in [0.5, 0.6) is 0 Å². The second-order valence-corrected chi connectivity index (χ2v) is 10.1. The zero-order valence-electron chi connectivity index (χ0n) is 20.3. The third-order valence-electron chi connectivity index (χ3n) is 6.54. The minimum absolute atomic E-state index is 0.176. The number of benzene rings is 2. The number of imidazole rings is 1. The smallest absolute Gasteiger partial charge is 0.268 e. The van der Waals surface area contributed by atoms with Crippen LogP contribution in [0.4, 0.5) is 11.6 Å². The average Bonchev–Trinajstić information content (AvgIpc) is 3.56. The zero-order chi connectivity index (χ0) is 25.8. The van der Waals surface area contributed by atoms with Crippen molar-refractivity contribution in [3.05, 3.63) is 83.1 Å². The number of nitrogens with one attached hydrogen (secondary N) is 3. The second-order valence-electron chi connectivity index (χ2n) is 9.16. The molecule has 0 saturated heterocycles. The SMILES string of the molecule is C=CC(=O)Nc1cccc(-n2c(NC(=O)c3cccs3)nc3cc(CNC4CCC(O)CC4)ccc32)c1. The van der Waals surface area contributed by atoms with Crippen molar-refractivity contribution in [3.63, 3.8) is 0 Å². The first-order chi connectivity index (χ1) is 18.0. The van der Waals surface area contributed by atoms with Gasteiger partial charge in [0.1, 0.15) is 0 Å². The van der Waals surface area contributed by atoms with Crippen molar-refractivity contribution < 1.29 is 14.7 Å². The second kappa shape index (κ2) is 11.1. The van der Waals surface area contributed by atoms with E-state index >= 15 is 0 Å². The molecule has 9 heteroatoms. The van der Waals surface area contributed by atoms with Gasteiger partial charge in [-0.05, 0) is 79.1 Å². The molecular formula is C28H29N5O3S. The lowest BCUT2D eigenvalue weighted by Crippen LogP contribution is -2.34. The largest absolute Gasteiger partial charge is 0.393 e. The first-order valence-electron chi connectivity index (χ1n) is 12.3. The van der Waals surface area contributed by atoms with Gasteiger partial charge in [-0.15, -0.1) is 11.3 Å². The molecule has 1 aliphatic rings. The van der Waals surface area contributed by atoms with Crippen LogP contribution in [0.25, 0.3) is 16.7 Å². The summed E-state index contributed by atoms with van der Waals surface area (Å²) in [5.74, 6) is -0.139. The highest BCUT2D eigenvalue weighted by atomic mass is 32.1. The number of anilines is 2. The highest BCUT2D eigenvalue weighted by Gasteiger charge is 2.20. The highest BCUT2D eigenvalue weighted by molar-refractivity contribution is 7.12. The summed E-state index contributed by atoms with van der Waals surface area (Å²) in [6.45, 7) is 4.21. The van der Waals surface area contributed by atoms with Crippen LogP contribution in [0.3, 0.4) is 0 Å². The summed E-state index contributed by atoms with van der Waals surface area (Å²) in [6.07, 6.45) is 4.65. The lowest BCUT2D eigenvalue weighted by molar-refractivity contribution is -0.111. The van der Waals surface area contributed by atoms with E-state index in [1.165, 1.54) is 17.4 Å². The number of nitrogens with zero attached hydrogens (tertiary/aromatic N) is 2. The monoisotopic (exact) mass is 515 g/mol. The predicted molar refractivity (Wildman–Crippen MR) is 147 cm³/mol. The number of aliphatic hydroxyl groups is 1. The molecule has 0 atom stereocenters. The summed E-state index contributed by atoms with van der Waals surface area (Å²) in [4.78, 5) is 30.1. The highest BCUT2D eigenvalue weighted by Crippen LogP contribution is 2.28. The molecule has 2 aromatic heterocycles. The lowest BCUT2D eigenvalue weighted by atomic mass is 9.93. The molecule has 1 saturated carbocycles. The van der Waals surface area contributed by atoms with Crippen molar-refractivity contribution in [1.82, 2.24) is 14.9 Å². The molecule has 2 heterocycles. The Morgan fingerprint density at radius 2 is 1.92 bits per heavy atom. The van der Waals surface area contributed by atoms with Crippen molar-refractivity contribution in [1.29, 1.82) is 0 Å². The fourth-order valence-corrected chi connectivity index (χ4v) is 5.23. The first kappa shape index (κ1) is 24.9. The molecule has 2 amide bonds. The Bertz CT molecular complexity index is 1420. The molecule has 190 valence electrons. The van der Waals surface area contributed by atoms with E-state index in [0.29, 0.717) is 29.1 Å². The van der Waals surface area contributed by atoms with E-state index in [2.05, 4.69) is 28.6 Å². The molecule has 8 nitrogen and oxygen atoms in total. The van der Waals surface area contributed by atoms with Crippen molar-refractivity contribution in [2.75, 3.05) is 10.6 Å². The van der Waals surface area contributed by atoms with Crippen LogP contribution in [-0.4, -0.2) is 38.6 Å². The molecular weight excluding hydrogens is 486 g/mol. The molecule has 0 bridgehead atoms. The normalized spacial score (nSPS) is 17.4. The number of carbonyl (C=O) groups is 2. The van der Waals surface area contributed by atoms with Crippen molar-refractivity contribution >= 4 is 45.8 Å². The summed E-state index contributed by atoms with van der Waals surface area (Å²) < 4.78 is 1.88. The molecule has 1 aliphatic carbocycles. The van der Waals surface area contributed by atoms with Gasteiger partial charge in [0.15, 0.2) is 0 Å². The number of carbonyl (C=O) groups excluding carboxylic acids is 2. The average molecular weight is 516 g/mol. The molecule has 2 aromatic carbocycles. The quantitative estimate of drug-likeness (QED) is 0.251. The molecule has 0 radical (unpaired) electrons. The van der Waals surface area contributed by atoms with Gasteiger partial charge in [-0.1, -0.05) is 24.8 Å². The fourth-order valence-electron chi connectivity index (χ4n) is 4.61. The van der Waals surface area contributed by atoms with Crippen LogP contribution in [0.2, 0.25) is 0 Å². The minimum atomic E-state index is -0.302. The third-order valence-corrected chi connectivity index (χ3v) is 7.41. The minimum Gasteiger partial charge on any atom is -0.393 e. The maximum Gasteiger partial charge on any atom is 0.268 e. The van der Waals surface area contributed by atoms with E-state index in [1.807, 2.05) is 46.3 Å². The Morgan fingerprint density at radius 3 is 2.68 bits per heavy atom. The zero-order valence-corrected chi connectivity index (χ0v) is 21.1. The Morgan fingerprint density at radius 1 is 1.08 bits per heavy atom. The topological polar surface area (TPSA) is 108 Å². The molecule has 4 aromatic rings. The van der Waals surface area contributed by atoms with Crippen molar-refractivity contribution in [3.8, 4) is 5.69 Å². The summed E-state index contributed by atoms with van der Waals surface area (Å²) >= 11 is 1.36. The van der Waals surface area contributed by atoms with Crippen molar-refractivity contribution in [2.45, 2.75) is 44.4 Å². The summed E-state index contributed by atoms with van der Waals surface area (Å²) in [5, 5.41) is 21.0. The van der Waals surface area contributed by atoms with Crippen LogP contribution in [0.15, 0.2) is 72.6 Å². The summed E-state index contributed by atoms with van der Waals surface area (Å²) in [7, 11) is 0. The lowest BCUT2D eigenvalue weighted by Gasteiger charge is -2.26. The van der Waals surface area contributed by atoms with Crippen LogP contribution < -0.4 is 16.0 Å². The summed E-state index contributed by atoms with van der Waals surface area (Å²) in [6, 6.07) is 17.4. The number of rotatable bonds is 8. The first-order valence-corrected chi connectivity index (χ1v) is 13.2. The van der Waals surface area contributed by atoms with Gasteiger partial charge in [0.25, 0.3) is 5.91 Å². The number of aliphatic hydroxyl groups excluding tert-OH is 1. The van der Waals surface area contributed by atoms with Gasteiger partial charge in [0.05, 0.1) is 27.7 Å². The van der Waals surface area contributed by atoms with Gasteiger partial charge < -0.3 is 15.7 Å². The number of fused-ring (bicyclic) bond motifs is 1. The Hall–Kier alpha value is -3.79. The van der Waals surface area contributed by atoms with Gasteiger partial charge in [-0.25, -0.2) is 4.98 Å². The Labute approximate surface area is 219 Å². The standard InChI is InChI=1S/C28H29N5O3S/c1-2-26(35)30-20-5-3-6-21(16-20)33-24-13-8-18(17-29-19-9-11-22(34)12-10-19)15-23(24)31-28(33)32-27(36)25-7-4-14-37-25/h2-8,13-16,19,22,29,34H,1,9-12,17H2,(H,30,35)(H,31,32,36). The number of thiophene rings is 1. The number of amides is 2.